The predicted octanol–water partition coefficient (Wildman–Crippen LogP) is 3.88. The van der Waals surface area contributed by atoms with Gasteiger partial charge in [0.2, 0.25) is 0 Å². The average molecular weight is 424 g/mol. The summed E-state index contributed by atoms with van der Waals surface area (Å²) in [7, 11) is 0. The number of aromatic hydroxyl groups is 1. The minimum absolute atomic E-state index is 0.00849. The van der Waals surface area contributed by atoms with Crippen molar-refractivity contribution in [3.05, 3.63) is 65.2 Å². The topological polar surface area (TPSA) is 82.0 Å². The molecule has 0 amide bonds. The molecule has 2 rings (SSSR count). The molecule has 0 fully saturated rings. The molecule has 0 aromatic heterocycles. The van der Waals surface area contributed by atoms with Crippen LogP contribution in [-0.2, 0) is 17.3 Å². The Balaban J connectivity index is 1.50. The zero-order chi connectivity index (χ0) is 21.8. The normalized spacial score (nSPS) is 12.8. The number of nitrogens with one attached hydrogen (secondary N) is 1. The van der Waals surface area contributed by atoms with Gasteiger partial charge in [0.15, 0.2) is 0 Å². The molecule has 7 heteroatoms. The standard InChI is InChI=1S/C23H31F2NO4/c24-23(25,20-8-4-3-5-9-20)17-30-13-7-2-1-6-12-26-15-22(29)18-10-11-21(28)19(14-18)16-27/h3-5,8-11,14,22,26-29H,1-2,6-7,12-13,15-17H2/t22-/m0/s1. The van der Waals surface area contributed by atoms with Crippen molar-refractivity contribution in [2.75, 3.05) is 26.3 Å². The van der Waals surface area contributed by atoms with Crippen molar-refractivity contribution in [3.63, 3.8) is 0 Å². The van der Waals surface area contributed by atoms with E-state index in [2.05, 4.69) is 5.32 Å². The van der Waals surface area contributed by atoms with Crippen molar-refractivity contribution in [1.29, 1.82) is 0 Å². The van der Waals surface area contributed by atoms with Crippen molar-refractivity contribution in [2.24, 2.45) is 0 Å². The third kappa shape index (κ3) is 7.99. The summed E-state index contributed by atoms with van der Waals surface area (Å²) in [5.41, 5.74) is 0.988. The average Bonchev–Trinajstić information content (AvgIpc) is 2.75. The Hall–Kier alpha value is -2.06. The lowest BCUT2D eigenvalue weighted by Crippen LogP contribution is -2.22. The Morgan fingerprint density at radius 2 is 1.73 bits per heavy atom. The van der Waals surface area contributed by atoms with Crippen molar-refractivity contribution in [3.8, 4) is 5.75 Å². The highest BCUT2D eigenvalue weighted by atomic mass is 19.3. The fourth-order valence-electron chi connectivity index (χ4n) is 3.07. The first-order chi connectivity index (χ1) is 14.4. The fourth-order valence-corrected chi connectivity index (χ4v) is 3.07. The van der Waals surface area contributed by atoms with E-state index in [1.807, 2.05) is 0 Å². The Bertz CT molecular complexity index is 743. The molecule has 0 aliphatic rings. The first-order valence-electron chi connectivity index (χ1n) is 10.3. The molecule has 0 saturated heterocycles. The molecule has 2 aromatic rings. The van der Waals surface area contributed by atoms with Crippen LogP contribution in [0.1, 0.15) is 48.5 Å². The van der Waals surface area contributed by atoms with Crippen LogP contribution in [0.15, 0.2) is 48.5 Å². The van der Waals surface area contributed by atoms with E-state index in [9.17, 15) is 19.0 Å². The van der Waals surface area contributed by atoms with E-state index in [1.54, 1.807) is 30.3 Å². The third-order valence-electron chi connectivity index (χ3n) is 4.87. The molecule has 0 aliphatic heterocycles. The van der Waals surface area contributed by atoms with Gasteiger partial charge in [-0.25, -0.2) is 0 Å². The molecular formula is C23H31F2NO4. The SMILES string of the molecule is OCc1cc([C@@H](O)CNCCCCCCOCC(F)(F)c2ccccc2)ccc1O. The van der Waals surface area contributed by atoms with Gasteiger partial charge in [-0.15, -0.1) is 0 Å². The Kier molecular flexibility index (Phi) is 10.2. The molecular weight excluding hydrogens is 392 g/mol. The number of benzene rings is 2. The van der Waals surface area contributed by atoms with Crippen molar-refractivity contribution in [1.82, 2.24) is 5.32 Å². The molecule has 0 aliphatic carbocycles. The van der Waals surface area contributed by atoms with Gasteiger partial charge in [-0.2, -0.15) is 8.78 Å². The zero-order valence-corrected chi connectivity index (χ0v) is 17.1. The van der Waals surface area contributed by atoms with Crippen LogP contribution in [0.4, 0.5) is 8.78 Å². The van der Waals surface area contributed by atoms with Crippen LogP contribution < -0.4 is 5.32 Å². The first kappa shape index (κ1) is 24.2. The number of rotatable bonds is 14. The van der Waals surface area contributed by atoms with Crippen LogP contribution in [0.2, 0.25) is 0 Å². The molecule has 0 radical (unpaired) electrons. The second kappa shape index (κ2) is 12.6. The van der Waals surface area contributed by atoms with E-state index in [-0.39, 0.29) is 17.9 Å². The molecule has 2 aromatic carbocycles. The number of hydrogen-bond acceptors (Lipinski definition) is 5. The molecule has 0 heterocycles. The summed E-state index contributed by atoms with van der Waals surface area (Å²) < 4.78 is 33.0. The number of aliphatic hydroxyl groups excluding tert-OH is 2. The number of hydrogen-bond donors (Lipinski definition) is 4. The number of phenols is 1. The summed E-state index contributed by atoms with van der Waals surface area (Å²) >= 11 is 0. The largest absolute Gasteiger partial charge is 0.508 e. The first-order valence-corrected chi connectivity index (χ1v) is 10.3. The molecule has 166 valence electrons. The van der Waals surface area contributed by atoms with Gasteiger partial charge in [0.1, 0.15) is 12.4 Å². The molecule has 0 bridgehead atoms. The fraction of sp³-hybridized carbons (Fsp3) is 0.478. The summed E-state index contributed by atoms with van der Waals surface area (Å²) in [6.45, 7) is 0.518. The van der Waals surface area contributed by atoms with Crippen LogP contribution in [0.5, 0.6) is 5.75 Å². The quantitative estimate of drug-likeness (QED) is 0.347. The van der Waals surface area contributed by atoms with Gasteiger partial charge >= 0.3 is 0 Å². The van der Waals surface area contributed by atoms with E-state index in [4.69, 9.17) is 9.84 Å². The summed E-state index contributed by atoms with van der Waals surface area (Å²) in [4.78, 5) is 0. The minimum atomic E-state index is -2.97. The molecule has 0 spiro atoms. The second-order valence-electron chi connectivity index (χ2n) is 7.30. The lowest BCUT2D eigenvalue weighted by Gasteiger charge is -2.16. The van der Waals surface area contributed by atoms with Gasteiger partial charge < -0.3 is 25.4 Å². The lowest BCUT2D eigenvalue weighted by molar-refractivity contribution is -0.0831. The van der Waals surface area contributed by atoms with Crippen LogP contribution in [0, 0.1) is 0 Å². The summed E-state index contributed by atoms with van der Waals surface area (Å²) in [5.74, 6) is -2.96. The maximum atomic E-state index is 13.9. The maximum Gasteiger partial charge on any atom is 0.296 e. The number of alkyl halides is 2. The maximum absolute atomic E-state index is 13.9. The summed E-state index contributed by atoms with van der Waals surface area (Å²) in [5, 5.41) is 32.1. The van der Waals surface area contributed by atoms with Crippen molar-refractivity contribution >= 4 is 0 Å². The molecule has 1 atom stereocenters. The van der Waals surface area contributed by atoms with E-state index >= 15 is 0 Å². The Labute approximate surface area is 176 Å². The van der Waals surface area contributed by atoms with Gasteiger partial charge in [0, 0.05) is 24.3 Å². The van der Waals surface area contributed by atoms with Crippen LogP contribution in [0.3, 0.4) is 0 Å². The van der Waals surface area contributed by atoms with Crippen molar-refractivity contribution in [2.45, 2.75) is 44.3 Å². The van der Waals surface area contributed by atoms with Crippen LogP contribution >= 0.6 is 0 Å². The highest BCUT2D eigenvalue weighted by Crippen LogP contribution is 2.28. The van der Waals surface area contributed by atoms with E-state index < -0.39 is 18.6 Å². The van der Waals surface area contributed by atoms with E-state index in [0.29, 0.717) is 24.3 Å². The van der Waals surface area contributed by atoms with Gasteiger partial charge in [-0.1, -0.05) is 49.2 Å². The molecule has 4 N–H and O–H groups in total. The molecule has 5 nitrogen and oxygen atoms in total. The Morgan fingerprint density at radius 3 is 2.47 bits per heavy atom. The van der Waals surface area contributed by atoms with E-state index in [0.717, 1.165) is 32.2 Å². The van der Waals surface area contributed by atoms with Crippen molar-refractivity contribution < 1.29 is 28.8 Å². The smallest absolute Gasteiger partial charge is 0.296 e. The third-order valence-corrected chi connectivity index (χ3v) is 4.87. The summed E-state index contributed by atoms with van der Waals surface area (Å²) in [6.07, 6.45) is 2.74. The zero-order valence-electron chi connectivity index (χ0n) is 17.1. The second-order valence-corrected chi connectivity index (χ2v) is 7.30. The van der Waals surface area contributed by atoms with Crippen LogP contribution in [-0.4, -0.2) is 41.6 Å². The van der Waals surface area contributed by atoms with Crippen LogP contribution in [0.25, 0.3) is 0 Å². The Morgan fingerprint density at radius 1 is 1.00 bits per heavy atom. The minimum Gasteiger partial charge on any atom is -0.508 e. The highest BCUT2D eigenvalue weighted by molar-refractivity contribution is 5.36. The summed E-state index contributed by atoms with van der Waals surface area (Å²) in [6, 6.07) is 12.4. The monoisotopic (exact) mass is 423 g/mol. The van der Waals surface area contributed by atoms with Gasteiger partial charge in [0.25, 0.3) is 5.92 Å². The molecule has 30 heavy (non-hydrogen) atoms. The van der Waals surface area contributed by atoms with Gasteiger partial charge in [-0.05, 0) is 37.1 Å². The lowest BCUT2D eigenvalue weighted by atomic mass is 10.1. The van der Waals surface area contributed by atoms with Gasteiger partial charge in [0.05, 0.1) is 12.7 Å². The predicted molar refractivity (Wildman–Crippen MR) is 111 cm³/mol. The number of aliphatic hydroxyl groups is 2. The number of unbranched alkanes of at least 4 members (excludes halogenated alkanes) is 3. The highest BCUT2D eigenvalue weighted by Gasteiger charge is 2.31. The molecule has 0 saturated carbocycles. The number of ether oxygens (including phenoxy) is 1. The number of halogens is 2. The van der Waals surface area contributed by atoms with Gasteiger partial charge in [-0.3, -0.25) is 0 Å². The molecule has 0 unspecified atom stereocenters. The van der Waals surface area contributed by atoms with E-state index in [1.165, 1.54) is 18.2 Å².